The average Bonchev–Trinajstić information content (AvgIpc) is 3.23. The summed E-state index contributed by atoms with van der Waals surface area (Å²) in [5.41, 5.74) is 1.41. The van der Waals surface area contributed by atoms with E-state index in [0.717, 1.165) is 18.4 Å². The standard InChI is InChI=1S/C15H18ClNO3/c1-3-20-14(18)9-17(12-5-6-12)15(19)11-4-7-13(16)10(2)8-11/h4,7-8,12H,3,5-6,9H2,1-2H3. The van der Waals surface area contributed by atoms with Gasteiger partial charge in [0.1, 0.15) is 6.54 Å². The number of ether oxygens (including phenoxy) is 1. The summed E-state index contributed by atoms with van der Waals surface area (Å²) in [6.45, 7) is 3.94. The highest BCUT2D eigenvalue weighted by atomic mass is 35.5. The lowest BCUT2D eigenvalue weighted by Crippen LogP contribution is -2.38. The van der Waals surface area contributed by atoms with Crippen molar-refractivity contribution in [2.24, 2.45) is 0 Å². The lowest BCUT2D eigenvalue weighted by Gasteiger charge is -2.21. The minimum absolute atomic E-state index is 0.0129. The van der Waals surface area contributed by atoms with Gasteiger partial charge in [-0.05, 0) is 50.5 Å². The fourth-order valence-corrected chi connectivity index (χ4v) is 2.16. The fourth-order valence-electron chi connectivity index (χ4n) is 2.04. The smallest absolute Gasteiger partial charge is 0.325 e. The molecule has 1 amide bonds. The molecule has 2 rings (SSSR count). The Hall–Kier alpha value is -1.55. The van der Waals surface area contributed by atoms with E-state index in [-0.39, 0.29) is 24.5 Å². The van der Waals surface area contributed by atoms with Crippen LogP contribution >= 0.6 is 11.6 Å². The molecule has 1 fully saturated rings. The molecule has 0 unspecified atom stereocenters. The van der Waals surface area contributed by atoms with E-state index in [2.05, 4.69) is 0 Å². The second-order valence-electron chi connectivity index (χ2n) is 4.93. The molecule has 1 aromatic rings. The normalized spacial score (nSPS) is 13.9. The van der Waals surface area contributed by atoms with Crippen molar-refractivity contribution < 1.29 is 14.3 Å². The quantitative estimate of drug-likeness (QED) is 0.785. The number of rotatable bonds is 5. The molecule has 0 heterocycles. The van der Waals surface area contributed by atoms with E-state index in [4.69, 9.17) is 16.3 Å². The van der Waals surface area contributed by atoms with Gasteiger partial charge in [0, 0.05) is 16.6 Å². The maximum absolute atomic E-state index is 12.5. The van der Waals surface area contributed by atoms with Crippen LogP contribution in [0.2, 0.25) is 5.02 Å². The summed E-state index contributed by atoms with van der Waals surface area (Å²) in [6, 6.07) is 5.31. The van der Waals surface area contributed by atoms with Crippen molar-refractivity contribution in [1.29, 1.82) is 0 Å². The van der Waals surface area contributed by atoms with Crippen molar-refractivity contribution in [2.75, 3.05) is 13.2 Å². The van der Waals surface area contributed by atoms with Gasteiger partial charge in [-0.1, -0.05) is 11.6 Å². The number of carbonyl (C=O) groups is 2. The van der Waals surface area contributed by atoms with Crippen LogP contribution in [0, 0.1) is 6.92 Å². The van der Waals surface area contributed by atoms with Crippen LogP contribution in [-0.2, 0) is 9.53 Å². The minimum Gasteiger partial charge on any atom is -0.465 e. The third kappa shape index (κ3) is 3.51. The van der Waals surface area contributed by atoms with Crippen LogP contribution in [0.15, 0.2) is 18.2 Å². The molecule has 0 N–H and O–H groups in total. The molecule has 1 saturated carbocycles. The highest BCUT2D eigenvalue weighted by Crippen LogP contribution is 2.28. The Labute approximate surface area is 123 Å². The Kier molecular flexibility index (Phi) is 4.65. The Morgan fingerprint density at radius 1 is 1.40 bits per heavy atom. The van der Waals surface area contributed by atoms with Gasteiger partial charge in [-0.25, -0.2) is 0 Å². The molecule has 0 spiro atoms. The number of esters is 1. The summed E-state index contributed by atoms with van der Waals surface area (Å²) in [5, 5.41) is 0.630. The van der Waals surface area contributed by atoms with E-state index < -0.39 is 0 Å². The number of benzene rings is 1. The van der Waals surface area contributed by atoms with Crippen molar-refractivity contribution in [3.63, 3.8) is 0 Å². The van der Waals surface area contributed by atoms with E-state index in [9.17, 15) is 9.59 Å². The summed E-state index contributed by atoms with van der Waals surface area (Å²) < 4.78 is 4.93. The molecule has 1 aliphatic carbocycles. The molecule has 1 aliphatic rings. The molecule has 108 valence electrons. The van der Waals surface area contributed by atoms with E-state index >= 15 is 0 Å². The molecule has 0 bridgehead atoms. The van der Waals surface area contributed by atoms with E-state index in [1.54, 1.807) is 30.0 Å². The zero-order valence-corrected chi connectivity index (χ0v) is 12.4. The highest BCUT2D eigenvalue weighted by molar-refractivity contribution is 6.31. The van der Waals surface area contributed by atoms with Crippen molar-refractivity contribution in [3.05, 3.63) is 34.3 Å². The van der Waals surface area contributed by atoms with Gasteiger partial charge >= 0.3 is 5.97 Å². The van der Waals surface area contributed by atoms with Gasteiger partial charge in [0.15, 0.2) is 0 Å². The largest absolute Gasteiger partial charge is 0.465 e. The molecular formula is C15H18ClNO3. The first kappa shape index (κ1) is 14.9. The number of halogens is 1. The third-order valence-corrected chi connectivity index (χ3v) is 3.68. The maximum Gasteiger partial charge on any atom is 0.325 e. The Morgan fingerprint density at radius 3 is 2.65 bits per heavy atom. The van der Waals surface area contributed by atoms with E-state index in [1.165, 1.54) is 0 Å². The lowest BCUT2D eigenvalue weighted by atomic mass is 10.1. The predicted molar refractivity (Wildman–Crippen MR) is 76.9 cm³/mol. The molecule has 0 aliphatic heterocycles. The monoisotopic (exact) mass is 295 g/mol. The van der Waals surface area contributed by atoms with Crippen molar-refractivity contribution in [3.8, 4) is 0 Å². The highest BCUT2D eigenvalue weighted by Gasteiger charge is 2.34. The van der Waals surface area contributed by atoms with Crippen LogP contribution in [-0.4, -0.2) is 36.0 Å². The van der Waals surface area contributed by atoms with Crippen LogP contribution < -0.4 is 0 Å². The number of nitrogens with zero attached hydrogens (tertiary/aromatic N) is 1. The average molecular weight is 296 g/mol. The molecule has 0 saturated heterocycles. The van der Waals surface area contributed by atoms with Crippen molar-refractivity contribution >= 4 is 23.5 Å². The molecule has 5 heteroatoms. The first-order valence-electron chi connectivity index (χ1n) is 6.75. The maximum atomic E-state index is 12.5. The summed E-state index contributed by atoms with van der Waals surface area (Å²) in [7, 11) is 0. The number of amides is 1. The Bertz CT molecular complexity index is 526. The Balaban J connectivity index is 2.14. The second kappa shape index (κ2) is 6.27. The summed E-state index contributed by atoms with van der Waals surface area (Å²) >= 11 is 5.97. The van der Waals surface area contributed by atoms with Crippen LogP contribution in [0.25, 0.3) is 0 Å². The van der Waals surface area contributed by atoms with Crippen LogP contribution in [0.5, 0.6) is 0 Å². The molecule has 0 atom stereocenters. The van der Waals surface area contributed by atoms with Crippen molar-refractivity contribution in [1.82, 2.24) is 4.90 Å². The molecular weight excluding hydrogens is 278 g/mol. The van der Waals surface area contributed by atoms with Gasteiger partial charge in [-0.2, -0.15) is 0 Å². The third-order valence-electron chi connectivity index (χ3n) is 3.26. The minimum atomic E-state index is -0.363. The fraction of sp³-hybridized carbons (Fsp3) is 0.467. The van der Waals surface area contributed by atoms with Crippen LogP contribution in [0.3, 0.4) is 0 Å². The van der Waals surface area contributed by atoms with Crippen molar-refractivity contribution in [2.45, 2.75) is 32.7 Å². The first-order chi connectivity index (χ1) is 9.52. The summed E-state index contributed by atoms with van der Waals surface area (Å²) in [4.78, 5) is 25.7. The van der Waals surface area contributed by atoms with E-state index in [0.29, 0.717) is 17.2 Å². The van der Waals surface area contributed by atoms with Crippen LogP contribution in [0.1, 0.15) is 35.7 Å². The molecule has 1 aromatic carbocycles. The summed E-state index contributed by atoms with van der Waals surface area (Å²) in [5.74, 6) is -0.501. The lowest BCUT2D eigenvalue weighted by molar-refractivity contribution is -0.144. The molecule has 0 radical (unpaired) electrons. The van der Waals surface area contributed by atoms with Gasteiger partial charge in [-0.3, -0.25) is 9.59 Å². The predicted octanol–water partition coefficient (Wildman–Crippen LogP) is 2.82. The number of hydrogen-bond acceptors (Lipinski definition) is 3. The topological polar surface area (TPSA) is 46.6 Å². The zero-order valence-electron chi connectivity index (χ0n) is 11.7. The van der Waals surface area contributed by atoms with Gasteiger partial charge in [-0.15, -0.1) is 0 Å². The number of carbonyl (C=O) groups excluding carboxylic acids is 2. The van der Waals surface area contributed by atoms with Gasteiger partial charge in [0.2, 0.25) is 0 Å². The van der Waals surface area contributed by atoms with Gasteiger partial charge < -0.3 is 9.64 Å². The Morgan fingerprint density at radius 2 is 2.10 bits per heavy atom. The van der Waals surface area contributed by atoms with Gasteiger partial charge in [0.25, 0.3) is 5.91 Å². The van der Waals surface area contributed by atoms with Crippen LogP contribution in [0.4, 0.5) is 0 Å². The molecule has 4 nitrogen and oxygen atoms in total. The first-order valence-corrected chi connectivity index (χ1v) is 7.13. The molecule has 20 heavy (non-hydrogen) atoms. The second-order valence-corrected chi connectivity index (χ2v) is 5.34. The summed E-state index contributed by atoms with van der Waals surface area (Å²) in [6.07, 6.45) is 1.88. The zero-order chi connectivity index (χ0) is 14.7. The molecule has 0 aromatic heterocycles. The van der Waals surface area contributed by atoms with Gasteiger partial charge in [0.05, 0.1) is 6.61 Å². The van der Waals surface area contributed by atoms with E-state index in [1.807, 2.05) is 6.92 Å². The number of aryl methyl sites for hydroxylation is 1. The SMILES string of the molecule is CCOC(=O)CN(C(=O)c1ccc(Cl)c(C)c1)C1CC1. The number of hydrogen-bond donors (Lipinski definition) is 0.